The number of hydrogen-bond acceptors (Lipinski definition) is 8. The van der Waals surface area contributed by atoms with Crippen LogP contribution in [-0.2, 0) is 34.5 Å². The molecule has 0 aliphatic rings. The molecule has 10 nitrogen and oxygen atoms in total. The Balaban J connectivity index is 2.50. The van der Waals surface area contributed by atoms with Crippen LogP contribution in [0.4, 0.5) is 13.2 Å². The number of hydrogen-bond donors (Lipinski definition) is 0. The maximum absolute atomic E-state index is 15.2. The molecule has 0 fully saturated rings. The second kappa shape index (κ2) is 11.0. The first-order chi connectivity index (χ1) is 18.2. The summed E-state index contributed by atoms with van der Waals surface area (Å²) < 4.78 is 82.8. The molecular weight excluding hydrogens is 545 g/mol. The monoisotopic (exact) mass is 570 g/mol. The summed E-state index contributed by atoms with van der Waals surface area (Å²) in [6, 6.07) is 10.5. The first-order valence-corrected chi connectivity index (χ1v) is 13.1. The number of aromatic nitrogens is 1. The smallest absolute Gasteiger partial charge is 0.406 e. The van der Waals surface area contributed by atoms with Crippen molar-refractivity contribution in [2.45, 2.75) is 37.3 Å². The predicted molar refractivity (Wildman–Crippen MR) is 132 cm³/mol. The summed E-state index contributed by atoms with van der Waals surface area (Å²) >= 11 is 0. The number of carbonyl (C=O) groups is 2. The third-order valence-corrected chi connectivity index (χ3v) is 7.85. The predicted octanol–water partition coefficient (Wildman–Crippen LogP) is 4.01. The van der Waals surface area contributed by atoms with Gasteiger partial charge in [-0.1, -0.05) is 35.9 Å². The van der Waals surface area contributed by atoms with E-state index in [1.54, 1.807) is 6.92 Å². The molecule has 39 heavy (non-hydrogen) atoms. The molecule has 0 unspecified atom stereocenters. The van der Waals surface area contributed by atoms with E-state index in [0.717, 1.165) is 11.6 Å². The molecule has 0 amide bonds. The van der Waals surface area contributed by atoms with E-state index in [9.17, 15) is 28.1 Å². The lowest BCUT2D eigenvalue weighted by Gasteiger charge is -2.36. The number of halogens is 3. The van der Waals surface area contributed by atoms with Crippen LogP contribution in [0.1, 0.15) is 25.0 Å². The van der Waals surface area contributed by atoms with Crippen molar-refractivity contribution in [1.29, 1.82) is 0 Å². The van der Waals surface area contributed by atoms with Gasteiger partial charge in [0.25, 0.3) is 10.0 Å². The third-order valence-electron chi connectivity index (χ3n) is 6.16. The highest BCUT2D eigenvalue weighted by molar-refractivity contribution is 7.90. The van der Waals surface area contributed by atoms with Gasteiger partial charge in [-0.25, -0.2) is 12.4 Å². The number of fused-ring (bicyclic) bond motifs is 1. The van der Waals surface area contributed by atoms with Gasteiger partial charge in [-0.3, -0.25) is 19.7 Å². The van der Waals surface area contributed by atoms with Crippen molar-refractivity contribution in [3.05, 3.63) is 76.0 Å². The zero-order valence-corrected chi connectivity index (χ0v) is 21.9. The lowest BCUT2D eigenvalue weighted by atomic mass is 9.69. The summed E-state index contributed by atoms with van der Waals surface area (Å²) in [5.41, 5.74) is -4.36. The van der Waals surface area contributed by atoms with Gasteiger partial charge in [-0.05, 0) is 39.0 Å². The summed E-state index contributed by atoms with van der Waals surface area (Å²) in [6.45, 7) is 1.40. The van der Waals surface area contributed by atoms with Gasteiger partial charge < -0.3 is 9.47 Å². The number of para-hydroxylation sites is 1. The van der Waals surface area contributed by atoms with Crippen LogP contribution in [0.25, 0.3) is 10.9 Å². The van der Waals surface area contributed by atoms with E-state index in [0.29, 0.717) is 10.2 Å². The highest BCUT2D eigenvalue weighted by Crippen LogP contribution is 2.51. The molecule has 0 aliphatic heterocycles. The lowest BCUT2D eigenvalue weighted by molar-refractivity contribution is -0.503. The molecule has 0 saturated carbocycles. The Morgan fingerprint density at radius 2 is 1.54 bits per heavy atom. The SMILES string of the molecule is CCOC(=O)C(C(=O)OCC)[C@](C[N+](=O)[O-])(c1cn(S(=O)(=O)c2ccc(C)cc2)c2ccccc12)C(F)(F)F. The molecule has 0 aliphatic carbocycles. The minimum absolute atomic E-state index is 0.253. The second-order valence-corrected chi connectivity index (χ2v) is 10.4. The summed E-state index contributed by atoms with van der Waals surface area (Å²) in [4.78, 5) is 36.0. The van der Waals surface area contributed by atoms with Crippen LogP contribution in [0, 0.1) is 23.0 Å². The molecule has 210 valence electrons. The molecule has 0 N–H and O–H groups in total. The van der Waals surface area contributed by atoms with Crippen LogP contribution in [0.3, 0.4) is 0 Å². The Hall–Kier alpha value is -3.94. The Bertz CT molecular complexity index is 1480. The highest BCUT2D eigenvalue weighted by Gasteiger charge is 2.70. The van der Waals surface area contributed by atoms with Crippen molar-refractivity contribution >= 4 is 32.9 Å². The third kappa shape index (κ3) is 5.33. The summed E-state index contributed by atoms with van der Waals surface area (Å²) in [5.74, 6) is -6.27. The van der Waals surface area contributed by atoms with Gasteiger partial charge in [0.2, 0.25) is 6.54 Å². The average Bonchev–Trinajstić information content (AvgIpc) is 3.24. The molecule has 2 aromatic carbocycles. The number of carbonyl (C=O) groups excluding carboxylic acids is 2. The maximum atomic E-state index is 15.2. The van der Waals surface area contributed by atoms with Gasteiger partial charge in [0.05, 0.1) is 23.6 Å². The van der Waals surface area contributed by atoms with Gasteiger partial charge in [0.1, 0.15) is 0 Å². The zero-order valence-electron chi connectivity index (χ0n) is 21.1. The number of aryl methyl sites for hydroxylation is 1. The van der Waals surface area contributed by atoms with E-state index in [4.69, 9.17) is 9.47 Å². The molecular formula is C25H25F3N2O8S. The molecule has 3 rings (SSSR count). The molecule has 14 heteroatoms. The topological polar surface area (TPSA) is 135 Å². The Morgan fingerprint density at radius 3 is 2.03 bits per heavy atom. The van der Waals surface area contributed by atoms with Crippen LogP contribution in [0.2, 0.25) is 0 Å². The standard InChI is InChI=1S/C25H25F3N2O8S/c1-4-37-22(31)21(23(32)38-5-2)24(15-30(33)34,25(26,27)28)19-14-29(20-9-7-6-8-18(19)20)39(35,36)17-12-10-16(3)11-13-17/h6-14,21H,4-5,15H2,1-3H3/t24-/m0/s1. The molecule has 3 aromatic rings. The van der Waals surface area contributed by atoms with Crippen LogP contribution >= 0.6 is 0 Å². The summed E-state index contributed by atoms with van der Waals surface area (Å²) in [5, 5.41) is 11.4. The number of benzene rings is 2. The number of rotatable bonds is 10. The number of nitrogens with zero attached hydrogens (tertiary/aromatic N) is 2. The fourth-order valence-electron chi connectivity index (χ4n) is 4.42. The lowest BCUT2D eigenvalue weighted by Crippen LogP contribution is -2.58. The van der Waals surface area contributed by atoms with Gasteiger partial charge >= 0.3 is 18.1 Å². The highest BCUT2D eigenvalue weighted by atomic mass is 32.2. The zero-order chi connectivity index (χ0) is 29.2. The van der Waals surface area contributed by atoms with Crippen LogP contribution in [0.5, 0.6) is 0 Å². The largest absolute Gasteiger partial charge is 0.465 e. The number of nitro groups is 1. The van der Waals surface area contributed by atoms with E-state index < -0.39 is 69.7 Å². The second-order valence-electron chi connectivity index (χ2n) is 8.57. The van der Waals surface area contributed by atoms with E-state index in [2.05, 4.69) is 0 Å². The van der Waals surface area contributed by atoms with Crippen molar-refractivity contribution in [1.82, 2.24) is 3.97 Å². The van der Waals surface area contributed by atoms with E-state index >= 15 is 13.2 Å². The summed E-state index contributed by atoms with van der Waals surface area (Å²) in [7, 11) is -4.54. The van der Waals surface area contributed by atoms with E-state index in [1.165, 1.54) is 56.3 Å². The molecule has 1 atom stereocenters. The summed E-state index contributed by atoms with van der Waals surface area (Å²) in [6.07, 6.45) is -5.06. The van der Waals surface area contributed by atoms with Crippen molar-refractivity contribution in [3.63, 3.8) is 0 Å². The van der Waals surface area contributed by atoms with Crippen LogP contribution in [0.15, 0.2) is 59.6 Å². The first kappa shape index (κ1) is 29.6. The Morgan fingerprint density at radius 1 is 1.00 bits per heavy atom. The molecule has 1 heterocycles. The first-order valence-electron chi connectivity index (χ1n) is 11.7. The van der Waals surface area contributed by atoms with Gasteiger partial charge in [0, 0.05) is 22.1 Å². The molecule has 0 radical (unpaired) electrons. The van der Waals surface area contributed by atoms with Crippen LogP contribution < -0.4 is 0 Å². The Kier molecular flexibility index (Phi) is 8.39. The number of alkyl halides is 3. The molecule has 0 saturated heterocycles. The van der Waals surface area contributed by atoms with Crippen molar-refractivity contribution in [3.8, 4) is 0 Å². The van der Waals surface area contributed by atoms with Crippen molar-refractivity contribution in [2.24, 2.45) is 5.92 Å². The minimum atomic E-state index is -5.63. The number of esters is 2. The quantitative estimate of drug-likeness (QED) is 0.155. The van der Waals surface area contributed by atoms with E-state index in [1.807, 2.05) is 0 Å². The fraction of sp³-hybridized carbons (Fsp3) is 0.360. The van der Waals surface area contributed by atoms with Gasteiger partial charge in [0.15, 0.2) is 11.3 Å². The van der Waals surface area contributed by atoms with Crippen molar-refractivity contribution < 1.29 is 45.6 Å². The molecule has 1 aromatic heterocycles. The van der Waals surface area contributed by atoms with Crippen molar-refractivity contribution in [2.75, 3.05) is 19.8 Å². The van der Waals surface area contributed by atoms with E-state index in [-0.39, 0.29) is 15.8 Å². The minimum Gasteiger partial charge on any atom is -0.465 e. The normalized spacial score (nSPS) is 13.7. The number of ether oxygens (including phenoxy) is 2. The van der Waals surface area contributed by atoms with Gasteiger partial charge in [-0.2, -0.15) is 13.2 Å². The van der Waals surface area contributed by atoms with Crippen LogP contribution in [-0.4, -0.2) is 55.2 Å². The fourth-order valence-corrected chi connectivity index (χ4v) is 5.79. The average molecular weight is 571 g/mol. The Labute approximate surface area is 221 Å². The maximum Gasteiger partial charge on any atom is 0.406 e. The van der Waals surface area contributed by atoms with Gasteiger partial charge in [-0.15, -0.1) is 0 Å². The molecule has 0 spiro atoms. The molecule has 0 bridgehead atoms.